The molecule has 0 saturated carbocycles. The molecule has 25 heavy (non-hydrogen) atoms. The standard InChI is InChI=1S/C18H20F2N4O/c1-24(13-7-9-21-10-8-13)17-4-2-3-16(22-17)23-18(25)14-6-5-12(19)11-15(14)20/h2-6,11,13,21H,7-10H2,1H3,(H,22,23,25). The topological polar surface area (TPSA) is 57.3 Å². The number of hydrogen-bond acceptors (Lipinski definition) is 4. The van der Waals surface area contributed by atoms with Crippen molar-refractivity contribution in [2.24, 2.45) is 0 Å². The maximum Gasteiger partial charge on any atom is 0.259 e. The van der Waals surface area contributed by atoms with Gasteiger partial charge < -0.3 is 15.5 Å². The Balaban J connectivity index is 1.73. The van der Waals surface area contributed by atoms with Crippen LogP contribution in [-0.2, 0) is 0 Å². The highest BCUT2D eigenvalue weighted by Crippen LogP contribution is 2.20. The average molecular weight is 346 g/mol. The summed E-state index contributed by atoms with van der Waals surface area (Å²) in [5.41, 5.74) is -0.222. The second-order valence-electron chi connectivity index (χ2n) is 6.05. The van der Waals surface area contributed by atoms with Crippen molar-refractivity contribution in [1.82, 2.24) is 10.3 Å². The third kappa shape index (κ3) is 4.11. The molecule has 2 N–H and O–H groups in total. The zero-order valence-corrected chi connectivity index (χ0v) is 13.9. The van der Waals surface area contributed by atoms with Gasteiger partial charge in [0.25, 0.3) is 5.91 Å². The van der Waals surface area contributed by atoms with E-state index >= 15 is 0 Å². The Kier molecular flexibility index (Phi) is 5.23. The van der Waals surface area contributed by atoms with Gasteiger partial charge in [-0.25, -0.2) is 13.8 Å². The summed E-state index contributed by atoms with van der Waals surface area (Å²) in [5.74, 6) is -1.22. The van der Waals surface area contributed by atoms with E-state index in [-0.39, 0.29) is 5.56 Å². The van der Waals surface area contributed by atoms with E-state index in [1.165, 1.54) is 0 Å². The monoisotopic (exact) mass is 346 g/mol. The summed E-state index contributed by atoms with van der Waals surface area (Å²) in [6.45, 7) is 1.94. The molecule has 0 radical (unpaired) electrons. The lowest BCUT2D eigenvalue weighted by atomic mass is 10.1. The number of pyridine rings is 1. The van der Waals surface area contributed by atoms with E-state index in [0.717, 1.165) is 43.9 Å². The molecule has 1 aliphatic rings. The van der Waals surface area contributed by atoms with Gasteiger partial charge in [0.15, 0.2) is 0 Å². The van der Waals surface area contributed by atoms with Crippen molar-refractivity contribution >= 4 is 17.5 Å². The summed E-state index contributed by atoms with van der Waals surface area (Å²) in [4.78, 5) is 18.7. The van der Waals surface area contributed by atoms with E-state index in [4.69, 9.17) is 0 Å². The van der Waals surface area contributed by atoms with Crippen molar-refractivity contribution in [3.8, 4) is 0 Å². The predicted octanol–water partition coefficient (Wildman–Crippen LogP) is 2.80. The van der Waals surface area contributed by atoms with Crippen LogP contribution in [0.4, 0.5) is 20.4 Å². The molecule has 0 atom stereocenters. The van der Waals surface area contributed by atoms with Gasteiger partial charge in [0.05, 0.1) is 5.56 Å². The number of carbonyl (C=O) groups excluding carboxylic acids is 1. The summed E-state index contributed by atoms with van der Waals surface area (Å²) in [5, 5.41) is 5.88. The molecule has 1 saturated heterocycles. The maximum atomic E-state index is 13.7. The molecule has 3 rings (SSSR count). The summed E-state index contributed by atoms with van der Waals surface area (Å²) < 4.78 is 26.7. The number of nitrogens with zero attached hydrogens (tertiary/aromatic N) is 2. The SMILES string of the molecule is CN(c1cccc(NC(=O)c2ccc(F)cc2F)n1)C1CCNCC1. The van der Waals surface area contributed by atoms with Gasteiger partial charge in [0, 0.05) is 19.2 Å². The van der Waals surface area contributed by atoms with Crippen molar-refractivity contribution in [3.05, 3.63) is 53.6 Å². The Morgan fingerprint density at radius 2 is 2.00 bits per heavy atom. The molecule has 1 fully saturated rings. The number of rotatable bonds is 4. The predicted molar refractivity (Wildman–Crippen MR) is 92.8 cm³/mol. The van der Waals surface area contributed by atoms with E-state index in [1.807, 2.05) is 13.1 Å². The van der Waals surface area contributed by atoms with Gasteiger partial charge in [0.1, 0.15) is 23.3 Å². The van der Waals surface area contributed by atoms with Gasteiger partial charge in [-0.1, -0.05) is 6.07 Å². The van der Waals surface area contributed by atoms with Gasteiger partial charge in [-0.2, -0.15) is 0 Å². The number of aromatic nitrogens is 1. The molecule has 1 amide bonds. The summed E-state index contributed by atoms with van der Waals surface area (Å²) in [6, 6.07) is 8.53. The molecule has 5 nitrogen and oxygen atoms in total. The first-order valence-electron chi connectivity index (χ1n) is 8.21. The molecule has 0 unspecified atom stereocenters. The van der Waals surface area contributed by atoms with Crippen LogP contribution >= 0.6 is 0 Å². The minimum atomic E-state index is -0.902. The fourth-order valence-electron chi connectivity index (χ4n) is 2.93. The van der Waals surface area contributed by atoms with Gasteiger partial charge in [-0.05, 0) is 50.2 Å². The highest BCUT2D eigenvalue weighted by Gasteiger charge is 2.19. The van der Waals surface area contributed by atoms with Crippen LogP contribution in [-0.4, -0.2) is 37.1 Å². The van der Waals surface area contributed by atoms with Gasteiger partial charge in [-0.3, -0.25) is 4.79 Å². The number of halogens is 2. The van der Waals surface area contributed by atoms with Crippen molar-refractivity contribution in [3.63, 3.8) is 0 Å². The fourth-order valence-corrected chi connectivity index (χ4v) is 2.93. The van der Waals surface area contributed by atoms with Crippen LogP contribution < -0.4 is 15.5 Å². The lowest BCUT2D eigenvalue weighted by Crippen LogP contribution is -2.41. The first kappa shape index (κ1) is 17.3. The van der Waals surface area contributed by atoms with Crippen LogP contribution in [0.25, 0.3) is 0 Å². The normalized spacial score (nSPS) is 15.0. The van der Waals surface area contributed by atoms with E-state index in [0.29, 0.717) is 17.9 Å². The van der Waals surface area contributed by atoms with Crippen molar-refractivity contribution in [1.29, 1.82) is 0 Å². The number of amides is 1. The van der Waals surface area contributed by atoms with E-state index < -0.39 is 17.5 Å². The first-order chi connectivity index (χ1) is 12.0. The highest BCUT2D eigenvalue weighted by atomic mass is 19.1. The van der Waals surface area contributed by atoms with Crippen molar-refractivity contribution in [2.45, 2.75) is 18.9 Å². The molecule has 2 heterocycles. The summed E-state index contributed by atoms with van der Waals surface area (Å²) in [6.07, 6.45) is 2.05. The van der Waals surface area contributed by atoms with Crippen LogP contribution in [0.3, 0.4) is 0 Å². The number of nitrogens with one attached hydrogen (secondary N) is 2. The number of hydrogen-bond donors (Lipinski definition) is 2. The molecule has 0 bridgehead atoms. The number of benzene rings is 1. The van der Waals surface area contributed by atoms with Gasteiger partial charge >= 0.3 is 0 Å². The van der Waals surface area contributed by atoms with E-state index in [9.17, 15) is 13.6 Å². The Morgan fingerprint density at radius 3 is 2.72 bits per heavy atom. The molecule has 1 aliphatic heterocycles. The van der Waals surface area contributed by atoms with Crippen LogP contribution in [0.1, 0.15) is 23.2 Å². The molecule has 2 aromatic rings. The molecule has 0 spiro atoms. The molecular formula is C18H20F2N4O. The largest absolute Gasteiger partial charge is 0.357 e. The number of piperidine rings is 1. The third-order valence-electron chi connectivity index (χ3n) is 4.37. The fraction of sp³-hybridized carbons (Fsp3) is 0.333. The Labute approximate surface area is 145 Å². The molecule has 132 valence electrons. The molecule has 7 heteroatoms. The number of carbonyl (C=O) groups is 1. The molecule has 1 aromatic carbocycles. The molecule has 1 aromatic heterocycles. The van der Waals surface area contributed by atoms with Crippen molar-refractivity contribution < 1.29 is 13.6 Å². The second-order valence-corrected chi connectivity index (χ2v) is 6.05. The molecular weight excluding hydrogens is 326 g/mol. The van der Waals surface area contributed by atoms with Crippen LogP contribution in [0, 0.1) is 11.6 Å². The van der Waals surface area contributed by atoms with Crippen LogP contribution in [0.15, 0.2) is 36.4 Å². The Morgan fingerprint density at radius 1 is 1.24 bits per heavy atom. The van der Waals surface area contributed by atoms with Gasteiger partial charge in [0.2, 0.25) is 0 Å². The van der Waals surface area contributed by atoms with Crippen molar-refractivity contribution in [2.75, 3.05) is 30.4 Å². The van der Waals surface area contributed by atoms with E-state index in [1.54, 1.807) is 12.1 Å². The Bertz CT molecular complexity index is 762. The Hall–Kier alpha value is -2.54. The number of anilines is 2. The minimum absolute atomic E-state index is 0.222. The third-order valence-corrected chi connectivity index (χ3v) is 4.37. The van der Waals surface area contributed by atoms with E-state index in [2.05, 4.69) is 20.5 Å². The lowest BCUT2D eigenvalue weighted by Gasteiger charge is -2.32. The van der Waals surface area contributed by atoms with Gasteiger partial charge in [-0.15, -0.1) is 0 Å². The zero-order chi connectivity index (χ0) is 17.8. The maximum absolute atomic E-state index is 13.7. The first-order valence-corrected chi connectivity index (χ1v) is 8.21. The minimum Gasteiger partial charge on any atom is -0.357 e. The summed E-state index contributed by atoms with van der Waals surface area (Å²) >= 11 is 0. The smallest absolute Gasteiger partial charge is 0.259 e. The van der Waals surface area contributed by atoms with Crippen LogP contribution in [0.2, 0.25) is 0 Å². The summed E-state index contributed by atoms with van der Waals surface area (Å²) in [7, 11) is 1.98. The highest BCUT2D eigenvalue weighted by molar-refractivity contribution is 6.04. The second kappa shape index (κ2) is 7.57. The zero-order valence-electron chi connectivity index (χ0n) is 13.9. The average Bonchev–Trinajstić information content (AvgIpc) is 2.62. The molecule has 0 aliphatic carbocycles. The van der Waals surface area contributed by atoms with Crippen LogP contribution in [0.5, 0.6) is 0 Å². The lowest BCUT2D eigenvalue weighted by molar-refractivity contribution is 0.102. The quantitative estimate of drug-likeness (QED) is 0.894.